The van der Waals surface area contributed by atoms with Crippen molar-refractivity contribution in [2.75, 3.05) is 31.5 Å². The lowest BCUT2D eigenvalue weighted by Gasteiger charge is -2.35. The van der Waals surface area contributed by atoms with Crippen LogP contribution in [0.2, 0.25) is 0 Å². The van der Waals surface area contributed by atoms with Gasteiger partial charge in [0.15, 0.2) is 16.8 Å². The Kier molecular flexibility index (Phi) is 5.75. The van der Waals surface area contributed by atoms with Crippen molar-refractivity contribution < 1.29 is 27.4 Å². The largest absolute Gasteiger partial charge is 0.480 e. The summed E-state index contributed by atoms with van der Waals surface area (Å²) >= 11 is 1.20. The van der Waals surface area contributed by atoms with Crippen LogP contribution in [0.4, 0.5) is 18.9 Å². The van der Waals surface area contributed by atoms with Crippen LogP contribution in [0.3, 0.4) is 0 Å². The maximum Gasteiger partial charge on any atom is 0.275 e. The molecular weight excluding hydrogens is 435 g/mol. The van der Waals surface area contributed by atoms with E-state index in [1.165, 1.54) is 37.3 Å². The van der Waals surface area contributed by atoms with Gasteiger partial charge in [0, 0.05) is 29.0 Å². The number of halogens is 3. The molecule has 1 amide bonds. The lowest BCUT2D eigenvalue weighted by atomic mass is 9.78. The fourth-order valence-corrected chi connectivity index (χ4v) is 4.80. The van der Waals surface area contributed by atoms with Crippen molar-refractivity contribution in [2.24, 2.45) is 16.6 Å². The average Bonchev–Trinajstić information content (AvgIpc) is 3.14. The molecule has 2 aromatic rings. The Morgan fingerprint density at radius 2 is 2.19 bits per heavy atom. The van der Waals surface area contributed by atoms with Crippen molar-refractivity contribution >= 4 is 28.5 Å². The molecule has 0 radical (unpaired) electrons. The zero-order chi connectivity index (χ0) is 22.2. The number of hydrogen-bond acceptors (Lipinski definition) is 8. The highest BCUT2D eigenvalue weighted by Gasteiger charge is 2.54. The van der Waals surface area contributed by atoms with E-state index in [1.54, 1.807) is 0 Å². The normalized spacial score (nSPS) is 25.0. The summed E-state index contributed by atoms with van der Waals surface area (Å²) in [5.41, 5.74) is 4.23. The molecule has 3 N–H and O–H groups in total. The van der Waals surface area contributed by atoms with Gasteiger partial charge in [0.2, 0.25) is 5.88 Å². The molecule has 12 heteroatoms. The third-order valence-electron chi connectivity index (χ3n) is 5.27. The van der Waals surface area contributed by atoms with Gasteiger partial charge in [-0.1, -0.05) is 11.8 Å². The second-order valence-corrected chi connectivity index (χ2v) is 8.05. The van der Waals surface area contributed by atoms with Gasteiger partial charge in [-0.15, -0.1) is 0 Å². The van der Waals surface area contributed by atoms with Crippen LogP contribution in [-0.4, -0.2) is 53.3 Å². The molecule has 1 aromatic heterocycles. The number of alkyl halides is 1. The summed E-state index contributed by atoms with van der Waals surface area (Å²) in [4.78, 5) is 24.6. The number of anilines is 1. The third kappa shape index (κ3) is 3.81. The molecule has 0 saturated carbocycles. The second-order valence-electron chi connectivity index (χ2n) is 7.01. The highest BCUT2D eigenvalue weighted by atomic mass is 32.2. The molecule has 0 bridgehead atoms. The highest BCUT2D eigenvalue weighted by Crippen LogP contribution is 2.49. The van der Waals surface area contributed by atoms with Crippen molar-refractivity contribution in [2.45, 2.75) is 11.6 Å². The van der Waals surface area contributed by atoms with Gasteiger partial charge in [0.1, 0.15) is 17.9 Å². The van der Waals surface area contributed by atoms with Gasteiger partial charge in [0.05, 0.1) is 32.2 Å². The number of nitrogens with one attached hydrogen (secondary N) is 1. The summed E-state index contributed by atoms with van der Waals surface area (Å²) in [5.74, 6) is -3.04. The van der Waals surface area contributed by atoms with Crippen molar-refractivity contribution in [3.8, 4) is 5.88 Å². The van der Waals surface area contributed by atoms with E-state index in [0.29, 0.717) is 5.75 Å². The number of hydrogen-bond donors (Lipinski definition) is 2. The summed E-state index contributed by atoms with van der Waals surface area (Å²) < 4.78 is 53.3. The van der Waals surface area contributed by atoms with Gasteiger partial charge in [-0.05, 0) is 6.07 Å². The highest BCUT2D eigenvalue weighted by molar-refractivity contribution is 8.13. The first kappa shape index (κ1) is 21.4. The predicted molar refractivity (Wildman–Crippen MR) is 108 cm³/mol. The topological polar surface area (TPSA) is 112 Å². The van der Waals surface area contributed by atoms with Crippen LogP contribution < -0.4 is 15.8 Å². The van der Waals surface area contributed by atoms with E-state index in [1.807, 2.05) is 0 Å². The Labute approximate surface area is 179 Å². The number of rotatable bonds is 5. The summed E-state index contributed by atoms with van der Waals surface area (Å²) in [6, 6.07) is 2.10. The van der Waals surface area contributed by atoms with E-state index in [-0.39, 0.29) is 34.6 Å². The van der Waals surface area contributed by atoms with Gasteiger partial charge in [-0.2, -0.15) is 0 Å². The fourth-order valence-electron chi connectivity index (χ4n) is 3.73. The quantitative estimate of drug-likeness (QED) is 0.714. The number of ether oxygens (including phenoxy) is 2. The van der Waals surface area contributed by atoms with Crippen molar-refractivity contribution in [3.05, 3.63) is 47.4 Å². The molecule has 1 unspecified atom stereocenters. The van der Waals surface area contributed by atoms with E-state index < -0.39 is 41.8 Å². The average molecular weight is 453 g/mol. The molecule has 2 aliphatic rings. The number of carbonyl (C=O) groups is 1. The zero-order valence-corrected chi connectivity index (χ0v) is 17.1. The monoisotopic (exact) mass is 453 g/mol. The molecule has 4 rings (SSSR count). The number of fused-ring (bicyclic) bond motifs is 1. The number of amidine groups is 1. The van der Waals surface area contributed by atoms with Gasteiger partial charge < -0.3 is 20.5 Å². The lowest BCUT2D eigenvalue weighted by molar-refractivity contribution is 0.0721. The standard InChI is InChI=1S/C19H18F3N5O3S/c1-29-15-6-24-13(5-25-15)17(28)26-9-2-10(16(22)12(21)3-9)19-8-30-14(4-20)11(19)7-31-18(23)27-19/h2-3,5-6,11,14H,4,7-8H2,1H3,(H2,23,27)(H,26,28)/t11?,14-,19-/m1/s1. The van der Waals surface area contributed by atoms with Crippen molar-refractivity contribution in [1.29, 1.82) is 0 Å². The van der Waals surface area contributed by atoms with Gasteiger partial charge in [-0.3, -0.25) is 4.79 Å². The zero-order valence-electron chi connectivity index (χ0n) is 16.3. The molecule has 0 aliphatic carbocycles. The first-order valence-electron chi connectivity index (χ1n) is 9.20. The van der Waals surface area contributed by atoms with Gasteiger partial charge in [-0.25, -0.2) is 28.1 Å². The molecule has 0 spiro atoms. The molecule has 2 aliphatic heterocycles. The molecule has 31 heavy (non-hydrogen) atoms. The molecule has 1 aromatic carbocycles. The molecule has 1 saturated heterocycles. The third-order valence-corrected chi connectivity index (χ3v) is 6.19. The van der Waals surface area contributed by atoms with E-state index in [0.717, 1.165) is 6.07 Å². The Balaban J connectivity index is 1.71. The van der Waals surface area contributed by atoms with E-state index >= 15 is 0 Å². The minimum Gasteiger partial charge on any atom is -0.480 e. The summed E-state index contributed by atoms with van der Waals surface area (Å²) in [6.07, 6.45) is 1.61. The van der Waals surface area contributed by atoms with Crippen LogP contribution >= 0.6 is 11.8 Å². The number of amides is 1. The van der Waals surface area contributed by atoms with Gasteiger partial charge in [0.25, 0.3) is 5.91 Å². The smallest absolute Gasteiger partial charge is 0.275 e. The molecular formula is C19H18F3N5O3S. The van der Waals surface area contributed by atoms with Crippen LogP contribution in [0.5, 0.6) is 5.88 Å². The Morgan fingerprint density at radius 1 is 1.39 bits per heavy atom. The molecule has 3 atom stereocenters. The van der Waals surface area contributed by atoms with Gasteiger partial charge >= 0.3 is 0 Å². The SMILES string of the molecule is COc1cnc(C(=O)Nc2cc(F)c(F)c([C@]34CO[C@H](CF)C3CSC(N)=N4)c2)cn1. The molecule has 8 nitrogen and oxygen atoms in total. The van der Waals surface area contributed by atoms with Crippen molar-refractivity contribution in [3.63, 3.8) is 0 Å². The number of aromatic nitrogens is 2. The maximum atomic E-state index is 14.9. The van der Waals surface area contributed by atoms with Crippen molar-refractivity contribution in [1.82, 2.24) is 9.97 Å². The van der Waals surface area contributed by atoms with E-state index in [9.17, 15) is 18.0 Å². The van der Waals surface area contributed by atoms with Crippen LogP contribution in [0.15, 0.2) is 29.5 Å². The van der Waals surface area contributed by atoms with Crippen LogP contribution in [0, 0.1) is 17.6 Å². The molecule has 1 fully saturated rings. The van der Waals surface area contributed by atoms with E-state index in [4.69, 9.17) is 15.2 Å². The number of thioether (sulfide) groups is 1. The first-order valence-corrected chi connectivity index (χ1v) is 10.2. The minimum absolute atomic E-state index is 0.0275. The lowest BCUT2D eigenvalue weighted by Crippen LogP contribution is -2.43. The number of benzene rings is 1. The van der Waals surface area contributed by atoms with Crippen LogP contribution in [0.25, 0.3) is 0 Å². The number of methoxy groups -OCH3 is 1. The Bertz CT molecular complexity index is 1040. The Morgan fingerprint density at radius 3 is 2.87 bits per heavy atom. The summed E-state index contributed by atoms with van der Waals surface area (Å²) in [7, 11) is 1.40. The second kappa shape index (κ2) is 8.35. The maximum absolute atomic E-state index is 14.9. The Hall–Kier alpha value is -2.86. The number of carbonyl (C=O) groups excluding carboxylic acids is 1. The number of nitrogens with zero attached hydrogens (tertiary/aromatic N) is 3. The van der Waals surface area contributed by atoms with E-state index in [2.05, 4.69) is 20.3 Å². The fraction of sp³-hybridized carbons (Fsp3) is 0.368. The van der Waals surface area contributed by atoms with Crippen LogP contribution in [0.1, 0.15) is 16.1 Å². The number of aliphatic imine (C=N–C) groups is 1. The molecule has 3 heterocycles. The summed E-state index contributed by atoms with van der Waals surface area (Å²) in [5, 5.41) is 2.64. The predicted octanol–water partition coefficient (Wildman–Crippen LogP) is 2.26. The molecule has 164 valence electrons. The first-order chi connectivity index (χ1) is 14.9. The van der Waals surface area contributed by atoms with Crippen LogP contribution in [-0.2, 0) is 10.3 Å². The summed E-state index contributed by atoms with van der Waals surface area (Å²) in [6.45, 7) is -0.954. The minimum atomic E-state index is -1.39. The number of nitrogens with two attached hydrogens (primary N) is 1.